The standard InChI is InChI=1S/C24H27F3N6O/c1-2-18-21(32-11-4-3-5-19(32)29-18)23(34)28-14-15-6-8-16(9-7-15)22-30-20-13-17(24(25,26)27)10-12-33(20)31-22/h6-9,17H,2-5,10-14H2,1H3,(H,28,34). The van der Waals surface area contributed by atoms with Gasteiger partial charge in [-0.15, -0.1) is 0 Å². The van der Waals surface area contributed by atoms with E-state index in [0.717, 1.165) is 48.5 Å². The summed E-state index contributed by atoms with van der Waals surface area (Å²) in [5, 5.41) is 7.40. The summed E-state index contributed by atoms with van der Waals surface area (Å²) in [4.78, 5) is 22.0. The first kappa shape index (κ1) is 22.6. The molecular weight excluding hydrogens is 445 g/mol. The van der Waals surface area contributed by atoms with Gasteiger partial charge in [-0.1, -0.05) is 31.2 Å². The molecule has 0 radical (unpaired) electrons. The first-order valence-electron chi connectivity index (χ1n) is 11.8. The first-order valence-corrected chi connectivity index (χ1v) is 11.8. The summed E-state index contributed by atoms with van der Waals surface area (Å²) in [6.45, 7) is 3.41. The van der Waals surface area contributed by atoms with Crippen molar-refractivity contribution < 1.29 is 18.0 Å². The average Bonchev–Trinajstić information content (AvgIpc) is 3.43. The monoisotopic (exact) mass is 472 g/mol. The molecule has 1 atom stereocenters. The number of aryl methyl sites for hydroxylation is 3. The molecule has 1 amide bonds. The number of aromatic nitrogens is 5. The van der Waals surface area contributed by atoms with E-state index in [1.54, 1.807) is 4.68 Å². The van der Waals surface area contributed by atoms with E-state index < -0.39 is 12.1 Å². The Labute approximate surface area is 195 Å². The summed E-state index contributed by atoms with van der Waals surface area (Å²) in [7, 11) is 0. The number of amides is 1. The molecule has 5 rings (SSSR count). The average molecular weight is 473 g/mol. The summed E-state index contributed by atoms with van der Waals surface area (Å²) in [5.41, 5.74) is 3.15. The zero-order valence-corrected chi connectivity index (χ0v) is 19.0. The Morgan fingerprint density at radius 1 is 1.12 bits per heavy atom. The third-order valence-corrected chi connectivity index (χ3v) is 6.70. The maximum atomic E-state index is 13.1. The summed E-state index contributed by atoms with van der Waals surface area (Å²) >= 11 is 0. The zero-order valence-electron chi connectivity index (χ0n) is 19.0. The second-order valence-corrected chi connectivity index (χ2v) is 8.97. The molecule has 1 aromatic carbocycles. The number of alkyl halides is 3. The van der Waals surface area contributed by atoms with Gasteiger partial charge >= 0.3 is 6.18 Å². The minimum Gasteiger partial charge on any atom is -0.347 e. The highest BCUT2D eigenvalue weighted by Gasteiger charge is 2.42. The number of rotatable bonds is 5. The van der Waals surface area contributed by atoms with Crippen molar-refractivity contribution in [2.75, 3.05) is 0 Å². The maximum absolute atomic E-state index is 13.1. The van der Waals surface area contributed by atoms with E-state index in [0.29, 0.717) is 30.3 Å². The van der Waals surface area contributed by atoms with Crippen LogP contribution >= 0.6 is 0 Å². The third kappa shape index (κ3) is 4.33. The van der Waals surface area contributed by atoms with E-state index >= 15 is 0 Å². The molecule has 1 N–H and O–H groups in total. The SMILES string of the molecule is CCc1nc2n(c1C(=O)NCc1ccc(-c3nc4n(n3)CCC(C(F)(F)F)C4)cc1)CCCC2. The molecule has 2 aliphatic rings. The van der Waals surface area contributed by atoms with Gasteiger partial charge in [-0.25, -0.2) is 14.6 Å². The number of halogens is 3. The van der Waals surface area contributed by atoms with Crippen molar-refractivity contribution in [2.45, 2.75) is 71.3 Å². The van der Waals surface area contributed by atoms with Crippen molar-refractivity contribution in [3.63, 3.8) is 0 Å². The first-order chi connectivity index (χ1) is 16.3. The fourth-order valence-corrected chi connectivity index (χ4v) is 4.78. The van der Waals surface area contributed by atoms with E-state index in [2.05, 4.69) is 25.0 Å². The van der Waals surface area contributed by atoms with Crippen LogP contribution in [0.1, 0.15) is 59.6 Å². The number of carbonyl (C=O) groups is 1. The van der Waals surface area contributed by atoms with Crippen LogP contribution in [0.15, 0.2) is 24.3 Å². The Kier molecular flexibility index (Phi) is 5.91. The van der Waals surface area contributed by atoms with Crippen LogP contribution in [0.25, 0.3) is 11.4 Å². The van der Waals surface area contributed by atoms with Crippen molar-refractivity contribution >= 4 is 5.91 Å². The van der Waals surface area contributed by atoms with Gasteiger partial charge in [0.15, 0.2) is 5.82 Å². The van der Waals surface area contributed by atoms with Gasteiger partial charge in [-0.3, -0.25) is 4.79 Å². The van der Waals surface area contributed by atoms with Crippen LogP contribution in [0.2, 0.25) is 0 Å². The van der Waals surface area contributed by atoms with Gasteiger partial charge in [0.25, 0.3) is 5.91 Å². The van der Waals surface area contributed by atoms with Crippen molar-refractivity contribution in [3.8, 4) is 11.4 Å². The van der Waals surface area contributed by atoms with Crippen LogP contribution in [-0.4, -0.2) is 36.4 Å². The Hall–Kier alpha value is -3.17. The van der Waals surface area contributed by atoms with E-state index in [4.69, 9.17) is 0 Å². The molecule has 0 saturated heterocycles. The largest absolute Gasteiger partial charge is 0.392 e. The third-order valence-electron chi connectivity index (χ3n) is 6.70. The molecule has 2 aliphatic heterocycles. The van der Waals surface area contributed by atoms with Crippen molar-refractivity contribution in [1.82, 2.24) is 29.6 Å². The number of hydrogen-bond donors (Lipinski definition) is 1. The number of imidazole rings is 1. The number of fused-ring (bicyclic) bond motifs is 2. The molecule has 180 valence electrons. The number of carbonyl (C=O) groups excluding carboxylic acids is 1. The highest BCUT2D eigenvalue weighted by molar-refractivity contribution is 5.94. The molecule has 0 spiro atoms. The highest BCUT2D eigenvalue weighted by Crippen LogP contribution is 2.34. The number of nitrogens with one attached hydrogen (secondary N) is 1. The molecule has 3 aromatic rings. The van der Waals surface area contributed by atoms with Gasteiger partial charge in [0.1, 0.15) is 17.3 Å². The molecule has 34 heavy (non-hydrogen) atoms. The zero-order chi connectivity index (χ0) is 23.9. The quantitative estimate of drug-likeness (QED) is 0.607. The molecule has 7 nitrogen and oxygen atoms in total. The Morgan fingerprint density at radius 2 is 1.91 bits per heavy atom. The lowest BCUT2D eigenvalue weighted by Crippen LogP contribution is -2.31. The number of nitrogens with zero attached hydrogens (tertiary/aromatic N) is 5. The predicted molar refractivity (Wildman–Crippen MR) is 119 cm³/mol. The van der Waals surface area contributed by atoms with Crippen LogP contribution < -0.4 is 5.32 Å². The Balaban J connectivity index is 1.25. The fourth-order valence-electron chi connectivity index (χ4n) is 4.78. The molecule has 0 fully saturated rings. The van der Waals surface area contributed by atoms with E-state index in [-0.39, 0.29) is 25.3 Å². The maximum Gasteiger partial charge on any atom is 0.392 e. The summed E-state index contributed by atoms with van der Waals surface area (Å²) < 4.78 is 42.8. The normalized spacial score (nSPS) is 17.8. The predicted octanol–water partition coefficient (Wildman–Crippen LogP) is 4.10. The summed E-state index contributed by atoms with van der Waals surface area (Å²) in [6, 6.07) is 7.42. The summed E-state index contributed by atoms with van der Waals surface area (Å²) in [5.74, 6) is 0.305. The van der Waals surface area contributed by atoms with Crippen LogP contribution in [0.3, 0.4) is 0 Å². The number of benzene rings is 1. The van der Waals surface area contributed by atoms with E-state index in [1.807, 2.05) is 31.2 Å². The molecular formula is C24H27F3N6O. The summed E-state index contributed by atoms with van der Waals surface area (Å²) in [6.07, 6.45) is -0.553. The molecule has 0 saturated carbocycles. The minimum absolute atomic E-state index is 0.0259. The number of hydrogen-bond acceptors (Lipinski definition) is 4. The van der Waals surface area contributed by atoms with Crippen molar-refractivity contribution in [1.29, 1.82) is 0 Å². The topological polar surface area (TPSA) is 77.6 Å². The molecule has 10 heteroatoms. The molecule has 1 unspecified atom stereocenters. The van der Waals surface area contributed by atoms with Gasteiger partial charge in [-0.2, -0.15) is 18.3 Å². The lowest BCUT2D eigenvalue weighted by atomic mass is 9.98. The second kappa shape index (κ2) is 8.88. The molecule has 2 aromatic heterocycles. The van der Waals surface area contributed by atoms with Gasteiger partial charge in [0.2, 0.25) is 0 Å². The fraction of sp³-hybridized carbons (Fsp3) is 0.500. The van der Waals surface area contributed by atoms with Crippen LogP contribution in [0.4, 0.5) is 13.2 Å². The van der Waals surface area contributed by atoms with E-state index in [1.165, 1.54) is 0 Å². The van der Waals surface area contributed by atoms with Crippen molar-refractivity contribution in [2.24, 2.45) is 5.92 Å². The van der Waals surface area contributed by atoms with Gasteiger partial charge in [0, 0.05) is 38.0 Å². The van der Waals surface area contributed by atoms with Gasteiger partial charge in [-0.05, 0) is 31.2 Å². The Morgan fingerprint density at radius 3 is 2.65 bits per heavy atom. The molecule has 0 aliphatic carbocycles. The van der Waals surface area contributed by atoms with Gasteiger partial charge in [0.05, 0.1) is 11.6 Å². The minimum atomic E-state index is -4.21. The van der Waals surface area contributed by atoms with Crippen molar-refractivity contribution in [3.05, 3.63) is 52.9 Å². The van der Waals surface area contributed by atoms with E-state index in [9.17, 15) is 18.0 Å². The Bertz CT molecular complexity index is 1190. The smallest absolute Gasteiger partial charge is 0.347 e. The second-order valence-electron chi connectivity index (χ2n) is 8.97. The van der Waals surface area contributed by atoms with Gasteiger partial charge < -0.3 is 9.88 Å². The lowest BCUT2D eigenvalue weighted by molar-refractivity contribution is -0.179. The lowest BCUT2D eigenvalue weighted by Gasteiger charge is -2.24. The van der Waals surface area contributed by atoms with Crippen LogP contribution in [-0.2, 0) is 38.9 Å². The highest BCUT2D eigenvalue weighted by atomic mass is 19.4. The van der Waals surface area contributed by atoms with Crippen LogP contribution in [0.5, 0.6) is 0 Å². The molecule has 0 bridgehead atoms. The van der Waals surface area contributed by atoms with Crippen LogP contribution in [0, 0.1) is 5.92 Å². The molecule has 4 heterocycles.